The number of fused-ring (bicyclic) bond motifs is 1. The van der Waals surface area contributed by atoms with Gasteiger partial charge in [-0.05, 0) is 46.4 Å². The van der Waals surface area contributed by atoms with Crippen molar-refractivity contribution in [2.45, 2.75) is 83.8 Å². The van der Waals surface area contributed by atoms with Gasteiger partial charge in [0.25, 0.3) is 5.91 Å². The van der Waals surface area contributed by atoms with E-state index in [1.54, 1.807) is 18.2 Å². The van der Waals surface area contributed by atoms with E-state index in [1.165, 1.54) is 0 Å². The van der Waals surface area contributed by atoms with Gasteiger partial charge in [-0.25, -0.2) is 0 Å². The van der Waals surface area contributed by atoms with Crippen LogP contribution < -0.4 is 10.5 Å². The maximum atomic E-state index is 12.6. The summed E-state index contributed by atoms with van der Waals surface area (Å²) in [4.78, 5) is 36.3. The van der Waals surface area contributed by atoms with Gasteiger partial charge in [0.1, 0.15) is 5.75 Å². The normalized spacial score (nSPS) is 16.9. The number of benzene rings is 2. The van der Waals surface area contributed by atoms with E-state index < -0.39 is 18.1 Å². The fourth-order valence-electron chi connectivity index (χ4n) is 4.26. The number of nitrogens with two attached hydrogens (primary N) is 1. The summed E-state index contributed by atoms with van der Waals surface area (Å²) in [5.41, 5.74) is 9.19. The zero-order chi connectivity index (χ0) is 24.6. The summed E-state index contributed by atoms with van der Waals surface area (Å²) < 4.78 is 6.40. The van der Waals surface area contributed by atoms with Crippen molar-refractivity contribution in [2.75, 3.05) is 0 Å². The Bertz CT molecular complexity index is 1090. The van der Waals surface area contributed by atoms with Crippen molar-refractivity contribution in [3.63, 3.8) is 0 Å². The fourth-order valence-corrected chi connectivity index (χ4v) is 4.26. The molecule has 0 aliphatic heterocycles. The first-order chi connectivity index (χ1) is 15.5. The SMILES string of the molecule is CCC(C)(C)c1ccc(C(C)(C)CC)c(OC(C(N)=O)c2cccc3c2CC(N=O)C3=O)c1. The van der Waals surface area contributed by atoms with Gasteiger partial charge in [0.05, 0.1) is 0 Å². The minimum Gasteiger partial charge on any atom is -0.476 e. The first-order valence-electron chi connectivity index (χ1n) is 11.6. The second kappa shape index (κ2) is 9.08. The lowest BCUT2D eigenvalue weighted by Crippen LogP contribution is -2.29. The molecule has 2 unspecified atom stereocenters. The van der Waals surface area contributed by atoms with Gasteiger partial charge in [0.2, 0.25) is 6.10 Å². The van der Waals surface area contributed by atoms with E-state index in [4.69, 9.17) is 10.5 Å². The molecule has 0 spiro atoms. The Balaban J connectivity index is 2.14. The van der Waals surface area contributed by atoms with E-state index in [-0.39, 0.29) is 23.0 Å². The van der Waals surface area contributed by atoms with Crippen LogP contribution in [0, 0.1) is 4.91 Å². The number of ketones is 1. The molecule has 0 heterocycles. The molecular weight excluding hydrogens is 416 g/mol. The molecule has 1 amide bonds. The summed E-state index contributed by atoms with van der Waals surface area (Å²) in [6.07, 6.45) is 0.876. The predicted octanol–water partition coefficient (Wildman–Crippen LogP) is 5.54. The van der Waals surface area contributed by atoms with Crippen LogP contribution in [0.3, 0.4) is 0 Å². The second-order valence-electron chi connectivity index (χ2n) is 10.1. The van der Waals surface area contributed by atoms with Crippen LogP contribution in [0.15, 0.2) is 41.6 Å². The summed E-state index contributed by atoms with van der Waals surface area (Å²) in [5, 5.41) is 2.96. The van der Waals surface area contributed by atoms with Gasteiger partial charge in [-0.1, -0.05) is 77.1 Å². The zero-order valence-corrected chi connectivity index (χ0v) is 20.4. The van der Waals surface area contributed by atoms with Crippen LogP contribution in [0.4, 0.5) is 0 Å². The Kier molecular flexibility index (Phi) is 6.78. The average Bonchev–Trinajstić information content (AvgIpc) is 3.13. The molecule has 1 aliphatic carbocycles. The third kappa shape index (κ3) is 4.56. The van der Waals surface area contributed by atoms with Crippen LogP contribution in [0.25, 0.3) is 0 Å². The molecule has 2 aromatic carbocycles. The quantitative estimate of drug-likeness (QED) is 0.507. The smallest absolute Gasteiger partial charge is 0.263 e. The van der Waals surface area contributed by atoms with Crippen molar-refractivity contribution < 1.29 is 14.3 Å². The van der Waals surface area contributed by atoms with E-state index >= 15 is 0 Å². The van der Waals surface area contributed by atoms with Crippen LogP contribution in [-0.4, -0.2) is 17.7 Å². The number of Topliss-reactive ketones (excluding diaryl/α,β-unsaturated/α-hetero) is 1. The Labute approximate surface area is 195 Å². The van der Waals surface area contributed by atoms with E-state index in [0.29, 0.717) is 22.4 Å². The molecule has 33 heavy (non-hydrogen) atoms. The van der Waals surface area contributed by atoms with Crippen molar-refractivity contribution in [1.29, 1.82) is 0 Å². The Morgan fingerprint density at radius 2 is 1.79 bits per heavy atom. The van der Waals surface area contributed by atoms with Gasteiger partial charge in [-0.2, -0.15) is 4.91 Å². The molecule has 3 rings (SSSR count). The summed E-state index contributed by atoms with van der Waals surface area (Å²) in [7, 11) is 0. The third-order valence-electron chi connectivity index (χ3n) is 7.35. The van der Waals surface area contributed by atoms with Crippen LogP contribution in [0.1, 0.15) is 93.1 Å². The average molecular weight is 451 g/mol. The van der Waals surface area contributed by atoms with Crippen molar-refractivity contribution in [2.24, 2.45) is 10.9 Å². The maximum Gasteiger partial charge on any atom is 0.263 e. The monoisotopic (exact) mass is 450 g/mol. The molecule has 0 fully saturated rings. The first-order valence-corrected chi connectivity index (χ1v) is 11.6. The predicted molar refractivity (Wildman–Crippen MR) is 130 cm³/mol. The third-order valence-corrected chi connectivity index (χ3v) is 7.35. The van der Waals surface area contributed by atoms with Crippen molar-refractivity contribution in [3.05, 3.63) is 69.1 Å². The Morgan fingerprint density at radius 1 is 1.12 bits per heavy atom. The number of nitroso groups, excluding NO2 is 1. The zero-order valence-electron chi connectivity index (χ0n) is 20.4. The molecule has 0 bridgehead atoms. The molecule has 2 atom stereocenters. The summed E-state index contributed by atoms with van der Waals surface area (Å²) in [6, 6.07) is 10.3. The molecule has 2 N–H and O–H groups in total. The number of amides is 1. The highest BCUT2D eigenvalue weighted by atomic mass is 16.5. The minimum absolute atomic E-state index is 0.0710. The summed E-state index contributed by atoms with van der Waals surface area (Å²) in [6.45, 7) is 12.9. The van der Waals surface area contributed by atoms with Crippen LogP contribution >= 0.6 is 0 Å². The Hall–Kier alpha value is -3.02. The molecular formula is C27H34N2O4. The summed E-state index contributed by atoms with van der Waals surface area (Å²) in [5.74, 6) is -0.375. The van der Waals surface area contributed by atoms with Crippen molar-refractivity contribution in [3.8, 4) is 5.75 Å². The van der Waals surface area contributed by atoms with Gasteiger partial charge < -0.3 is 10.5 Å². The van der Waals surface area contributed by atoms with E-state index in [2.05, 4.69) is 58.9 Å². The van der Waals surface area contributed by atoms with E-state index in [1.807, 2.05) is 6.07 Å². The van der Waals surface area contributed by atoms with Crippen molar-refractivity contribution in [1.82, 2.24) is 0 Å². The molecule has 176 valence electrons. The molecule has 0 saturated carbocycles. The van der Waals surface area contributed by atoms with E-state index in [0.717, 1.165) is 24.0 Å². The number of rotatable bonds is 9. The number of primary amides is 1. The number of nitrogens with zero attached hydrogens (tertiary/aromatic N) is 1. The highest BCUT2D eigenvalue weighted by Gasteiger charge is 2.37. The number of ether oxygens (including phenoxy) is 1. The molecule has 0 saturated heterocycles. The van der Waals surface area contributed by atoms with Crippen LogP contribution in [-0.2, 0) is 22.0 Å². The van der Waals surface area contributed by atoms with Gasteiger partial charge >= 0.3 is 0 Å². The lowest BCUT2D eigenvalue weighted by Gasteiger charge is -2.31. The number of carbonyl (C=O) groups excluding carboxylic acids is 2. The second-order valence-corrected chi connectivity index (χ2v) is 10.1. The standard InChI is InChI=1S/C27H34N2O4/c1-7-26(3,4)16-12-13-20(27(5,6)8-2)22(14-16)33-24(25(28)31)18-11-9-10-17-19(18)15-21(29-32)23(17)30/h9-14,21,24H,7-8,15H2,1-6H3,(H2,28,31). The number of hydrogen-bond donors (Lipinski definition) is 1. The van der Waals surface area contributed by atoms with Gasteiger partial charge in [-0.15, -0.1) is 0 Å². The van der Waals surface area contributed by atoms with Gasteiger partial charge in [0.15, 0.2) is 11.8 Å². The van der Waals surface area contributed by atoms with Crippen LogP contribution in [0.5, 0.6) is 5.75 Å². The number of hydrogen-bond acceptors (Lipinski definition) is 5. The minimum atomic E-state index is -1.09. The molecule has 6 nitrogen and oxygen atoms in total. The topological polar surface area (TPSA) is 98.8 Å². The molecule has 0 radical (unpaired) electrons. The lowest BCUT2D eigenvalue weighted by molar-refractivity contribution is -0.125. The highest BCUT2D eigenvalue weighted by molar-refractivity contribution is 6.05. The fraction of sp³-hybridized carbons (Fsp3) is 0.481. The first kappa shape index (κ1) is 24.6. The molecule has 1 aliphatic rings. The molecule has 6 heteroatoms. The largest absolute Gasteiger partial charge is 0.476 e. The van der Waals surface area contributed by atoms with E-state index in [9.17, 15) is 14.5 Å². The van der Waals surface area contributed by atoms with Gasteiger partial charge in [-0.3, -0.25) is 9.59 Å². The molecule has 2 aromatic rings. The Morgan fingerprint density at radius 3 is 2.36 bits per heavy atom. The maximum absolute atomic E-state index is 12.6. The number of carbonyl (C=O) groups is 2. The highest BCUT2D eigenvalue weighted by Crippen LogP contribution is 2.41. The van der Waals surface area contributed by atoms with Crippen LogP contribution in [0.2, 0.25) is 0 Å². The molecule has 0 aromatic heterocycles. The lowest BCUT2D eigenvalue weighted by atomic mass is 9.77. The summed E-state index contributed by atoms with van der Waals surface area (Å²) >= 11 is 0. The van der Waals surface area contributed by atoms with Gasteiger partial charge in [0, 0.05) is 17.5 Å². The van der Waals surface area contributed by atoms with Crippen molar-refractivity contribution >= 4 is 11.7 Å².